The number of nitrogens with one attached hydrogen (secondary N) is 1. The Morgan fingerprint density at radius 1 is 1.38 bits per heavy atom. The van der Waals surface area contributed by atoms with E-state index >= 15 is 0 Å². The molecule has 1 aliphatic carbocycles. The van der Waals surface area contributed by atoms with Crippen LogP contribution in [0, 0.1) is 5.82 Å². The van der Waals surface area contributed by atoms with Gasteiger partial charge in [-0.1, -0.05) is 12.1 Å². The normalized spacial score (nSPS) is 14.8. The second-order valence-electron chi connectivity index (χ2n) is 3.96. The van der Waals surface area contributed by atoms with E-state index in [1.807, 2.05) is 0 Å². The van der Waals surface area contributed by atoms with Gasteiger partial charge in [-0.15, -0.1) is 11.8 Å². The molecule has 0 unspecified atom stereocenters. The SMILES string of the molecule is O=C(CSCc1ccc(F)cc1)NC1CC1. The Bertz CT molecular complexity index is 362. The summed E-state index contributed by atoms with van der Waals surface area (Å²) in [5.74, 6) is 1.11. The van der Waals surface area contributed by atoms with Crippen LogP contribution in [0.1, 0.15) is 18.4 Å². The summed E-state index contributed by atoms with van der Waals surface area (Å²) in [6, 6.07) is 6.82. The molecule has 16 heavy (non-hydrogen) atoms. The summed E-state index contributed by atoms with van der Waals surface area (Å²) >= 11 is 1.56. The van der Waals surface area contributed by atoms with Crippen LogP contribution in [0.3, 0.4) is 0 Å². The summed E-state index contributed by atoms with van der Waals surface area (Å²) in [5.41, 5.74) is 1.05. The smallest absolute Gasteiger partial charge is 0.230 e. The molecule has 4 heteroatoms. The Hall–Kier alpha value is -1.03. The molecule has 0 radical (unpaired) electrons. The van der Waals surface area contributed by atoms with Crippen LogP contribution < -0.4 is 5.32 Å². The van der Waals surface area contributed by atoms with Gasteiger partial charge in [-0.3, -0.25) is 4.79 Å². The highest BCUT2D eigenvalue weighted by Gasteiger charge is 2.22. The largest absolute Gasteiger partial charge is 0.353 e. The van der Waals surface area contributed by atoms with Crippen molar-refractivity contribution in [2.75, 3.05) is 5.75 Å². The van der Waals surface area contributed by atoms with Gasteiger partial charge in [0.15, 0.2) is 0 Å². The summed E-state index contributed by atoms with van der Waals surface area (Å²) in [5, 5.41) is 2.93. The molecule has 2 rings (SSSR count). The van der Waals surface area contributed by atoms with Gasteiger partial charge in [-0.05, 0) is 30.5 Å². The van der Waals surface area contributed by atoms with E-state index in [4.69, 9.17) is 0 Å². The van der Waals surface area contributed by atoms with Crippen LogP contribution in [0.4, 0.5) is 4.39 Å². The molecule has 0 bridgehead atoms. The Kier molecular flexibility index (Phi) is 3.83. The van der Waals surface area contributed by atoms with Crippen molar-refractivity contribution in [1.82, 2.24) is 5.32 Å². The van der Waals surface area contributed by atoms with Gasteiger partial charge in [0.2, 0.25) is 5.91 Å². The van der Waals surface area contributed by atoms with Gasteiger partial charge in [-0.2, -0.15) is 0 Å². The zero-order valence-electron chi connectivity index (χ0n) is 8.91. The molecule has 0 atom stereocenters. The maximum Gasteiger partial charge on any atom is 0.230 e. The minimum atomic E-state index is -0.222. The van der Waals surface area contributed by atoms with Gasteiger partial charge >= 0.3 is 0 Å². The minimum absolute atomic E-state index is 0.106. The Labute approximate surface area is 98.6 Å². The van der Waals surface area contributed by atoms with Crippen LogP contribution in [-0.2, 0) is 10.5 Å². The number of amides is 1. The van der Waals surface area contributed by atoms with Crippen molar-refractivity contribution in [2.45, 2.75) is 24.6 Å². The molecule has 2 nitrogen and oxygen atoms in total. The molecule has 86 valence electrons. The van der Waals surface area contributed by atoms with Crippen LogP contribution in [0.5, 0.6) is 0 Å². The lowest BCUT2D eigenvalue weighted by atomic mass is 10.2. The highest BCUT2D eigenvalue weighted by atomic mass is 32.2. The molecular formula is C12H14FNOS. The number of rotatable bonds is 5. The Morgan fingerprint density at radius 2 is 2.06 bits per heavy atom. The van der Waals surface area contributed by atoms with Crippen LogP contribution in [-0.4, -0.2) is 17.7 Å². The van der Waals surface area contributed by atoms with E-state index in [9.17, 15) is 9.18 Å². The van der Waals surface area contributed by atoms with Crippen molar-refractivity contribution in [3.05, 3.63) is 35.6 Å². The van der Waals surface area contributed by atoms with E-state index in [-0.39, 0.29) is 11.7 Å². The lowest BCUT2D eigenvalue weighted by Crippen LogP contribution is -2.27. The van der Waals surface area contributed by atoms with Gasteiger partial charge in [-0.25, -0.2) is 4.39 Å². The molecule has 0 saturated heterocycles. The summed E-state index contributed by atoms with van der Waals surface area (Å²) in [6.07, 6.45) is 2.24. The predicted molar refractivity (Wildman–Crippen MR) is 63.7 cm³/mol. The molecule has 1 N–H and O–H groups in total. The molecule has 0 aliphatic heterocycles. The van der Waals surface area contributed by atoms with Crippen molar-refractivity contribution in [2.24, 2.45) is 0 Å². The monoisotopic (exact) mass is 239 g/mol. The second kappa shape index (κ2) is 5.34. The van der Waals surface area contributed by atoms with Crippen molar-refractivity contribution in [3.63, 3.8) is 0 Å². The van der Waals surface area contributed by atoms with Crippen LogP contribution in [0.2, 0.25) is 0 Å². The van der Waals surface area contributed by atoms with E-state index < -0.39 is 0 Å². The van der Waals surface area contributed by atoms with Gasteiger partial charge < -0.3 is 5.32 Å². The first kappa shape index (κ1) is 11.5. The number of hydrogen-bond donors (Lipinski definition) is 1. The Morgan fingerprint density at radius 3 is 2.69 bits per heavy atom. The van der Waals surface area contributed by atoms with Crippen LogP contribution >= 0.6 is 11.8 Å². The summed E-state index contributed by atoms with van der Waals surface area (Å²) in [4.78, 5) is 11.3. The first-order valence-corrected chi connectivity index (χ1v) is 6.51. The molecule has 1 aromatic carbocycles. The number of thioether (sulfide) groups is 1. The first-order chi connectivity index (χ1) is 7.74. The highest BCUT2D eigenvalue weighted by molar-refractivity contribution is 7.99. The average Bonchev–Trinajstić information content (AvgIpc) is 3.05. The van der Waals surface area contributed by atoms with E-state index in [0.717, 1.165) is 24.2 Å². The molecular weight excluding hydrogens is 225 g/mol. The minimum Gasteiger partial charge on any atom is -0.353 e. The summed E-state index contributed by atoms with van der Waals surface area (Å²) < 4.78 is 12.6. The fourth-order valence-electron chi connectivity index (χ4n) is 1.34. The van der Waals surface area contributed by atoms with E-state index in [2.05, 4.69) is 5.32 Å². The molecule has 1 amide bonds. The molecule has 1 fully saturated rings. The lowest BCUT2D eigenvalue weighted by Gasteiger charge is -2.03. The molecule has 1 aliphatic rings. The third-order valence-electron chi connectivity index (χ3n) is 2.36. The second-order valence-corrected chi connectivity index (χ2v) is 4.95. The number of hydrogen-bond acceptors (Lipinski definition) is 2. The molecule has 0 spiro atoms. The van der Waals surface area contributed by atoms with E-state index in [0.29, 0.717) is 11.8 Å². The third kappa shape index (κ3) is 3.85. The van der Waals surface area contributed by atoms with E-state index in [1.165, 1.54) is 12.1 Å². The van der Waals surface area contributed by atoms with Crippen molar-refractivity contribution in [3.8, 4) is 0 Å². The van der Waals surface area contributed by atoms with Crippen LogP contribution in [0.15, 0.2) is 24.3 Å². The maximum atomic E-state index is 12.6. The molecule has 1 saturated carbocycles. The third-order valence-corrected chi connectivity index (χ3v) is 3.36. The standard InChI is InChI=1S/C12H14FNOS/c13-10-3-1-9(2-4-10)7-16-8-12(15)14-11-5-6-11/h1-4,11H,5-8H2,(H,14,15). The topological polar surface area (TPSA) is 29.1 Å². The van der Waals surface area contributed by atoms with Crippen molar-refractivity contribution < 1.29 is 9.18 Å². The fourth-order valence-corrected chi connectivity index (χ4v) is 2.14. The number of halogens is 1. The molecule has 0 aromatic heterocycles. The average molecular weight is 239 g/mol. The van der Waals surface area contributed by atoms with Gasteiger partial charge in [0, 0.05) is 11.8 Å². The molecule has 1 aromatic rings. The quantitative estimate of drug-likeness (QED) is 0.854. The van der Waals surface area contributed by atoms with Crippen molar-refractivity contribution >= 4 is 17.7 Å². The number of carbonyl (C=O) groups is 1. The summed E-state index contributed by atoms with van der Waals surface area (Å²) in [6.45, 7) is 0. The molecule has 0 heterocycles. The highest BCUT2D eigenvalue weighted by Crippen LogP contribution is 2.19. The Balaban J connectivity index is 1.66. The zero-order valence-corrected chi connectivity index (χ0v) is 9.73. The predicted octanol–water partition coefficient (Wildman–Crippen LogP) is 2.34. The number of benzene rings is 1. The van der Waals surface area contributed by atoms with Gasteiger partial charge in [0.25, 0.3) is 0 Å². The van der Waals surface area contributed by atoms with Crippen molar-refractivity contribution in [1.29, 1.82) is 0 Å². The van der Waals surface area contributed by atoms with E-state index in [1.54, 1.807) is 23.9 Å². The lowest BCUT2D eigenvalue weighted by molar-refractivity contribution is -0.118. The first-order valence-electron chi connectivity index (χ1n) is 5.35. The zero-order chi connectivity index (χ0) is 11.4. The van der Waals surface area contributed by atoms with Crippen LogP contribution in [0.25, 0.3) is 0 Å². The fraction of sp³-hybridized carbons (Fsp3) is 0.417. The number of carbonyl (C=O) groups excluding carboxylic acids is 1. The maximum absolute atomic E-state index is 12.6. The summed E-state index contributed by atoms with van der Waals surface area (Å²) in [7, 11) is 0. The van der Waals surface area contributed by atoms with Gasteiger partial charge in [0.1, 0.15) is 5.82 Å². The van der Waals surface area contributed by atoms with Gasteiger partial charge in [0.05, 0.1) is 5.75 Å².